The Kier molecular flexibility index (Phi) is 4.27. The van der Waals surface area contributed by atoms with E-state index >= 15 is 0 Å². The van der Waals surface area contributed by atoms with Gasteiger partial charge in [-0.3, -0.25) is 20.3 Å². The monoisotopic (exact) mass is 393 g/mol. The molecule has 27 heavy (non-hydrogen) atoms. The number of nitro groups is 1. The van der Waals surface area contributed by atoms with Gasteiger partial charge in [0.2, 0.25) is 5.91 Å². The number of hydrogen-bond donors (Lipinski definition) is 2. The quantitative estimate of drug-likeness (QED) is 0.588. The van der Waals surface area contributed by atoms with E-state index in [0.717, 1.165) is 25.3 Å². The fourth-order valence-corrected chi connectivity index (χ4v) is 6.79. The molecule has 2 N–H and O–H groups in total. The first-order valence-corrected chi connectivity index (χ1v) is 10.7. The highest BCUT2D eigenvalue weighted by Crippen LogP contribution is 2.60. The van der Waals surface area contributed by atoms with E-state index in [-0.39, 0.29) is 16.5 Å². The van der Waals surface area contributed by atoms with Gasteiger partial charge in [-0.05, 0) is 68.8 Å². The van der Waals surface area contributed by atoms with Gasteiger partial charge < -0.3 is 0 Å². The summed E-state index contributed by atoms with van der Waals surface area (Å²) in [5.41, 5.74) is 1.99. The molecule has 0 atom stereocenters. The largest absolute Gasteiger partial charge is 0.277 e. The number of rotatable bonds is 5. The van der Waals surface area contributed by atoms with Crippen molar-refractivity contribution < 1.29 is 18.1 Å². The molecule has 0 heterocycles. The number of aryl methyl sites for hydroxylation is 1. The van der Waals surface area contributed by atoms with Gasteiger partial charge >= 0.3 is 0 Å². The van der Waals surface area contributed by atoms with Crippen LogP contribution in [0.5, 0.6) is 0 Å². The van der Waals surface area contributed by atoms with Crippen LogP contribution in [0.1, 0.15) is 44.1 Å². The van der Waals surface area contributed by atoms with Gasteiger partial charge in [-0.1, -0.05) is 6.07 Å². The molecule has 0 aliphatic heterocycles. The van der Waals surface area contributed by atoms with Crippen molar-refractivity contribution in [3.63, 3.8) is 0 Å². The smallest absolute Gasteiger partial charge is 0.270 e. The lowest BCUT2D eigenvalue weighted by Crippen LogP contribution is -2.56. The van der Waals surface area contributed by atoms with Crippen LogP contribution in [0.25, 0.3) is 0 Å². The SMILES string of the molecule is Cc1ccc([N+](=O)[O-])cc1S(=O)(=O)NNC(=O)C12CC3CC(CC(C3)C1)C2. The fraction of sp³-hybridized carbons (Fsp3) is 0.611. The van der Waals surface area contributed by atoms with Gasteiger partial charge in [-0.15, -0.1) is 4.83 Å². The normalized spacial score (nSPS) is 31.7. The van der Waals surface area contributed by atoms with Crippen LogP contribution < -0.4 is 10.3 Å². The summed E-state index contributed by atoms with van der Waals surface area (Å²) in [6.07, 6.45) is 6.02. The summed E-state index contributed by atoms with van der Waals surface area (Å²) in [6, 6.07) is 3.64. The molecule has 4 fully saturated rings. The molecule has 5 rings (SSSR count). The van der Waals surface area contributed by atoms with Gasteiger partial charge in [-0.2, -0.15) is 0 Å². The van der Waals surface area contributed by atoms with Gasteiger partial charge in [0.15, 0.2) is 0 Å². The van der Waals surface area contributed by atoms with Crippen molar-refractivity contribution >= 4 is 21.6 Å². The number of carbonyl (C=O) groups is 1. The van der Waals surface area contributed by atoms with Crippen molar-refractivity contribution in [2.75, 3.05) is 0 Å². The molecule has 4 saturated carbocycles. The maximum Gasteiger partial charge on any atom is 0.270 e. The van der Waals surface area contributed by atoms with E-state index in [1.54, 1.807) is 6.92 Å². The third kappa shape index (κ3) is 3.23. The van der Waals surface area contributed by atoms with Crippen LogP contribution in [0.4, 0.5) is 5.69 Å². The van der Waals surface area contributed by atoms with E-state index in [1.165, 1.54) is 31.4 Å². The zero-order valence-corrected chi connectivity index (χ0v) is 15.9. The molecule has 1 aromatic rings. The number of non-ortho nitro benzene ring substituents is 1. The minimum Gasteiger partial charge on any atom is -0.277 e. The lowest BCUT2D eigenvalue weighted by molar-refractivity contribution is -0.385. The number of hydrogen-bond acceptors (Lipinski definition) is 5. The van der Waals surface area contributed by atoms with Crippen molar-refractivity contribution in [2.24, 2.45) is 23.2 Å². The summed E-state index contributed by atoms with van der Waals surface area (Å²) >= 11 is 0. The topological polar surface area (TPSA) is 118 Å². The molecule has 0 radical (unpaired) electrons. The molecule has 9 heteroatoms. The fourth-order valence-electron chi connectivity index (χ4n) is 5.68. The second-order valence-corrected chi connectivity index (χ2v) is 10.1. The van der Waals surface area contributed by atoms with E-state index in [9.17, 15) is 23.3 Å². The summed E-state index contributed by atoms with van der Waals surface area (Å²) in [5, 5.41) is 10.9. The van der Waals surface area contributed by atoms with Crippen LogP contribution in [0, 0.1) is 40.2 Å². The summed E-state index contributed by atoms with van der Waals surface area (Å²) in [7, 11) is -4.10. The third-order valence-electron chi connectivity index (χ3n) is 6.49. The lowest BCUT2D eigenvalue weighted by atomic mass is 9.49. The van der Waals surface area contributed by atoms with Crippen molar-refractivity contribution in [3.8, 4) is 0 Å². The number of hydrazine groups is 1. The first-order valence-electron chi connectivity index (χ1n) is 9.26. The Labute approximate surface area is 157 Å². The predicted octanol–water partition coefficient (Wildman–Crippen LogP) is 2.43. The first-order chi connectivity index (χ1) is 12.7. The molecule has 1 amide bonds. The number of carbonyl (C=O) groups excluding carboxylic acids is 1. The number of nitrogens with one attached hydrogen (secondary N) is 2. The van der Waals surface area contributed by atoms with Gasteiger partial charge in [0.25, 0.3) is 15.7 Å². The van der Waals surface area contributed by atoms with E-state index < -0.39 is 20.4 Å². The molecule has 1 aromatic carbocycles. The lowest BCUT2D eigenvalue weighted by Gasteiger charge is -2.55. The van der Waals surface area contributed by atoms with Crippen LogP contribution in [0.15, 0.2) is 23.1 Å². The molecule has 0 aromatic heterocycles. The molecule has 8 nitrogen and oxygen atoms in total. The number of sulfonamides is 1. The van der Waals surface area contributed by atoms with E-state index in [0.29, 0.717) is 23.3 Å². The maximum absolute atomic E-state index is 12.9. The number of nitrogens with zero attached hydrogens (tertiary/aromatic N) is 1. The molecule has 0 unspecified atom stereocenters. The van der Waals surface area contributed by atoms with Gasteiger partial charge in [0.1, 0.15) is 0 Å². The molecule has 146 valence electrons. The van der Waals surface area contributed by atoms with E-state index in [4.69, 9.17) is 0 Å². The predicted molar refractivity (Wildman–Crippen MR) is 96.9 cm³/mol. The second-order valence-electron chi connectivity index (χ2n) is 8.46. The van der Waals surface area contributed by atoms with E-state index in [1.807, 2.05) is 0 Å². The highest BCUT2D eigenvalue weighted by molar-refractivity contribution is 7.89. The van der Waals surface area contributed by atoms with Crippen LogP contribution >= 0.6 is 0 Å². The summed E-state index contributed by atoms with van der Waals surface area (Å²) in [6.45, 7) is 1.55. The summed E-state index contributed by atoms with van der Waals surface area (Å²) in [5.74, 6) is 1.43. The van der Waals surface area contributed by atoms with Gasteiger partial charge in [0.05, 0.1) is 15.2 Å². The van der Waals surface area contributed by atoms with Crippen molar-refractivity contribution in [1.29, 1.82) is 0 Å². The minimum atomic E-state index is -4.10. The van der Waals surface area contributed by atoms with Crippen molar-refractivity contribution in [1.82, 2.24) is 10.3 Å². The highest BCUT2D eigenvalue weighted by atomic mass is 32.2. The minimum absolute atomic E-state index is 0.206. The van der Waals surface area contributed by atoms with E-state index in [2.05, 4.69) is 10.3 Å². The van der Waals surface area contributed by atoms with Crippen LogP contribution in [0.2, 0.25) is 0 Å². The highest BCUT2D eigenvalue weighted by Gasteiger charge is 2.54. The van der Waals surface area contributed by atoms with Crippen LogP contribution in [-0.2, 0) is 14.8 Å². The van der Waals surface area contributed by atoms with Crippen LogP contribution in [-0.4, -0.2) is 19.2 Å². The Morgan fingerprint density at radius 2 is 1.70 bits per heavy atom. The molecule has 4 bridgehead atoms. The molecule has 4 aliphatic rings. The Balaban J connectivity index is 1.51. The Bertz CT molecular complexity index is 876. The number of amides is 1. The first kappa shape index (κ1) is 18.4. The van der Waals surface area contributed by atoms with Gasteiger partial charge in [0, 0.05) is 12.1 Å². The number of benzene rings is 1. The van der Waals surface area contributed by atoms with Gasteiger partial charge in [-0.25, -0.2) is 8.42 Å². The average molecular weight is 393 g/mol. The van der Waals surface area contributed by atoms with Crippen LogP contribution in [0.3, 0.4) is 0 Å². The zero-order valence-electron chi connectivity index (χ0n) is 15.1. The third-order valence-corrected chi connectivity index (χ3v) is 7.88. The Morgan fingerprint density at radius 1 is 1.15 bits per heavy atom. The molecular weight excluding hydrogens is 370 g/mol. The van der Waals surface area contributed by atoms with Crippen molar-refractivity contribution in [3.05, 3.63) is 33.9 Å². The zero-order chi connectivity index (χ0) is 19.4. The standard InChI is InChI=1S/C18H23N3O5S/c1-11-2-3-15(21(23)24)7-16(11)27(25,26)20-19-17(22)18-8-12-4-13(9-18)6-14(5-12)10-18/h2-3,7,12-14,20H,4-6,8-10H2,1H3,(H,19,22). The second kappa shape index (κ2) is 6.27. The molecule has 0 saturated heterocycles. The Hall–Kier alpha value is -2.00. The molecular formula is C18H23N3O5S. The van der Waals surface area contributed by atoms with Crippen molar-refractivity contribution in [2.45, 2.75) is 50.3 Å². The average Bonchev–Trinajstić information content (AvgIpc) is 2.58. The summed E-state index contributed by atoms with van der Waals surface area (Å²) < 4.78 is 25.2. The maximum atomic E-state index is 12.9. The Morgan fingerprint density at radius 3 is 2.22 bits per heavy atom. The number of nitro benzene ring substituents is 1. The molecule has 4 aliphatic carbocycles. The molecule has 0 spiro atoms. The summed E-state index contributed by atoms with van der Waals surface area (Å²) in [4.78, 5) is 25.1.